The average molecular weight is 1290 g/mol. The molecule has 492 valence electrons. The third-order valence-corrected chi connectivity index (χ3v) is 16.5. The summed E-state index contributed by atoms with van der Waals surface area (Å²) in [5.41, 5.74) is 21.3. The molecule has 0 saturated carbocycles. The van der Waals surface area contributed by atoms with E-state index in [0.717, 1.165) is 60.1 Å². The minimum atomic E-state index is -1.21. The zero-order chi connectivity index (χ0) is 67.2. The lowest BCUT2D eigenvalue weighted by Crippen LogP contribution is -2.46. The largest absolute Gasteiger partial charge is 0.478 e. The molecule has 4 atom stereocenters. The fourth-order valence-electron chi connectivity index (χ4n) is 11.1. The maximum Gasteiger partial charge on any atom is 0.413 e. The molecule has 1 heterocycles. The van der Waals surface area contributed by atoms with E-state index in [0.29, 0.717) is 67.2 Å². The summed E-state index contributed by atoms with van der Waals surface area (Å²) in [6, 6.07) is 30.6. The van der Waals surface area contributed by atoms with Crippen molar-refractivity contribution in [2.45, 2.75) is 124 Å². The Morgan fingerprint density at radius 2 is 1.09 bits per heavy atom. The molecule has 0 bridgehead atoms. The number of hydrogen-bond acceptors (Lipinski definition) is 12. The molecule has 7 N–H and O–H groups in total. The van der Waals surface area contributed by atoms with E-state index in [4.69, 9.17) is 20.9 Å². The van der Waals surface area contributed by atoms with E-state index < -0.39 is 65.4 Å². The van der Waals surface area contributed by atoms with Crippen molar-refractivity contribution in [2.24, 2.45) is 11.5 Å². The number of anilines is 1. The maximum atomic E-state index is 14.1. The van der Waals surface area contributed by atoms with Gasteiger partial charge in [0, 0.05) is 111 Å². The highest BCUT2D eigenvalue weighted by Gasteiger charge is 2.33. The van der Waals surface area contributed by atoms with Crippen LogP contribution in [0.1, 0.15) is 145 Å². The Morgan fingerprint density at radius 1 is 0.576 bits per heavy atom. The van der Waals surface area contributed by atoms with Gasteiger partial charge in [-0.3, -0.25) is 14.5 Å². The van der Waals surface area contributed by atoms with Gasteiger partial charge in [0.2, 0.25) is 0 Å². The maximum absolute atomic E-state index is 14.1. The molecular weight excluding hydrogens is 1200 g/mol. The number of benzene rings is 6. The highest BCUT2D eigenvalue weighted by Crippen LogP contribution is 2.32. The Hall–Kier alpha value is -8.27. The lowest BCUT2D eigenvalue weighted by molar-refractivity contribution is 0.0237. The van der Waals surface area contributed by atoms with Crippen LogP contribution in [0.2, 0.25) is 0 Å². The summed E-state index contributed by atoms with van der Waals surface area (Å²) < 4.78 is 66.9. The molecule has 0 unspecified atom stereocenters. The number of halogens is 4. The number of aryl methyl sites for hydroxylation is 3. The fourth-order valence-corrected chi connectivity index (χ4v) is 12.0. The molecule has 0 saturated heterocycles. The van der Waals surface area contributed by atoms with Crippen molar-refractivity contribution < 1.29 is 56.1 Å². The number of carboxylic acids is 1. The fraction of sp³-hybridized carbons (Fsp3) is 0.375. The number of thiophene rings is 1. The summed E-state index contributed by atoms with van der Waals surface area (Å²) in [6.07, 6.45) is 1.84. The number of ether oxygens (including phenoxy) is 2. The number of nitrogens with one attached hydrogen (secondary N) is 2. The van der Waals surface area contributed by atoms with Gasteiger partial charge in [0.15, 0.2) is 0 Å². The first-order valence-corrected chi connectivity index (χ1v) is 32.0. The van der Waals surface area contributed by atoms with Crippen LogP contribution in [0.15, 0.2) is 127 Å². The highest BCUT2D eigenvalue weighted by atomic mass is 32.1. The number of methoxy groups -OCH3 is 1. The van der Waals surface area contributed by atoms with Crippen LogP contribution < -0.4 is 27.0 Å². The second-order valence-electron chi connectivity index (χ2n) is 23.2. The summed E-state index contributed by atoms with van der Waals surface area (Å²) >= 11 is 1.69. The van der Waals surface area contributed by atoms with Crippen molar-refractivity contribution in [2.75, 3.05) is 58.3 Å². The van der Waals surface area contributed by atoms with E-state index >= 15 is 0 Å². The number of rotatable bonds is 30. The highest BCUT2D eigenvalue weighted by molar-refractivity contribution is 7.13. The molecule has 0 spiro atoms. The van der Waals surface area contributed by atoms with Gasteiger partial charge < -0.3 is 46.5 Å². The average Bonchev–Trinajstić information content (AvgIpc) is 0.893. The summed E-state index contributed by atoms with van der Waals surface area (Å²) in [6.45, 7) is 17.0. The molecule has 6 aromatic carbocycles. The molecule has 0 aliphatic heterocycles. The van der Waals surface area contributed by atoms with E-state index in [2.05, 4.69) is 41.1 Å². The predicted molar refractivity (Wildman–Crippen MR) is 355 cm³/mol. The molecule has 3 amide bonds. The Labute approximate surface area is 542 Å². The summed E-state index contributed by atoms with van der Waals surface area (Å²) in [4.78, 5) is 71.7. The number of aromatic carboxylic acids is 1. The lowest BCUT2D eigenvalue weighted by Gasteiger charge is -2.30. The van der Waals surface area contributed by atoms with Crippen LogP contribution in [0.4, 0.5) is 28.0 Å². The SMILES string of the molecule is CCCN(CCC)C(=O)c1cc(C)cc(C(=O)O)c1[C@H](CNCc1cccc(N(C)C(=O)OC)c1)[C@@H](N)Cc1cc(F)cc(F)c1.CCCN(CCC)C(=O)c1cc(C)cc(C(=O)O[C@H](CNCc2cccc(-c3cc(C)cs3)c2)[C@@H](N)Cc2cc(F)cc(F)c2)c1. The standard InChI is InChI=1S/C37H43F2N3O3S.C35H44F2N4O5/c1-5-10-42(11-6-2)36(43)29-12-24(3)13-30(19-29)37(44)45-34(33(40)18-27-16-31(38)20-32(39)17-27)22-41-21-26-8-7-9-28(15-26)35-14-25(4)23-46-35;1-6-11-41(12-7-2)33(42)28-13-22(3)14-29(34(43)44)32(28)30(31(38)18-24-15-25(36)19-26(37)16-24)21-39-20-23-9-8-10-27(17-23)40(4)35(45)46-5/h7-9,12-17,19-20,23,33-34,41H,5-6,10-11,18,21-22,40H2,1-4H3;8-10,13-17,19,30-31,39H,6-7,11-12,18,20-21,38H2,1-5H3,(H,43,44)/t33-,34+;30-,31+/m01/s1. The van der Waals surface area contributed by atoms with Crippen molar-refractivity contribution in [1.82, 2.24) is 20.4 Å². The topological polar surface area (TPSA) is 210 Å². The van der Waals surface area contributed by atoms with Gasteiger partial charge in [-0.05, 0) is 194 Å². The second-order valence-corrected chi connectivity index (χ2v) is 24.2. The molecular formula is C72H87F4N7O8S. The van der Waals surface area contributed by atoms with Crippen molar-refractivity contribution in [1.29, 1.82) is 0 Å². The number of amides is 3. The molecule has 15 nitrogen and oxygen atoms in total. The smallest absolute Gasteiger partial charge is 0.413 e. The minimum absolute atomic E-state index is 0.0225. The quantitative estimate of drug-likeness (QED) is 0.0210. The van der Waals surface area contributed by atoms with Crippen molar-refractivity contribution in [3.8, 4) is 10.4 Å². The third kappa shape index (κ3) is 21.1. The molecule has 7 rings (SSSR count). The zero-order valence-corrected chi connectivity index (χ0v) is 54.9. The van der Waals surface area contributed by atoms with Crippen LogP contribution >= 0.6 is 11.3 Å². The van der Waals surface area contributed by atoms with Gasteiger partial charge in [-0.25, -0.2) is 31.9 Å². The Balaban J connectivity index is 0.000000292. The van der Waals surface area contributed by atoms with Crippen LogP contribution in [-0.2, 0) is 35.4 Å². The first-order chi connectivity index (χ1) is 43.9. The van der Waals surface area contributed by atoms with E-state index in [-0.39, 0.29) is 60.0 Å². The number of hydrogen-bond donors (Lipinski definition) is 5. The molecule has 0 fully saturated rings. The van der Waals surface area contributed by atoms with Gasteiger partial charge in [0.1, 0.15) is 29.4 Å². The number of carbonyl (C=O) groups is 5. The molecule has 7 aromatic rings. The number of carbonyl (C=O) groups excluding carboxylic acids is 4. The normalized spacial score (nSPS) is 12.4. The number of esters is 1. The molecule has 1 aromatic heterocycles. The van der Waals surface area contributed by atoms with Crippen LogP contribution in [0, 0.1) is 44.0 Å². The molecule has 0 radical (unpaired) electrons. The van der Waals surface area contributed by atoms with Gasteiger partial charge in [0.05, 0.1) is 18.2 Å². The zero-order valence-electron chi connectivity index (χ0n) is 54.1. The predicted octanol–water partition coefficient (Wildman–Crippen LogP) is 13.3. The number of nitrogens with two attached hydrogens (primary N) is 2. The molecule has 0 aliphatic carbocycles. The third-order valence-electron chi connectivity index (χ3n) is 15.4. The number of carboxylic acid groups (broad SMARTS) is 1. The van der Waals surface area contributed by atoms with Crippen molar-refractivity contribution >= 4 is 46.9 Å². The van der Waals surface area contributed by atoms with E-state index in [1.54, 1.807) is 71.5 Å². The Morgan fingerprint density at radius 3 is 1.63 bits per heavy atom. The molecule has 0 aliphatic rings. The van der Waals surface area contributed by atoms with Gasteiger partial charge in [0.25, 0.3) is 11.8 Å². The molecule has 20 heteroatoms. The monoisotopic (exact) mass is 1290 g/mol. The summed E-state index contributed by atoms with van der Waals surface area (Å²) in [7, 11) is 2.89. The lowest BCUT2D eigenvalue weighted by atomic mass is 9.81. The van der Waals surface area contributed by atoms with E-state index in [1.165, 1.54) is 52.8 Å². The Bertz CT molecular complexity index is 3590. The minimum Gasteiger partial charge on any atom is -0.478 e. The van der Waals surface area contributed by atoms with Crippen LogP contribution in [0.25, 0.3) is 10.4 Å². The number of nitrogens with zero attached hydrogens (tertiary/aromatic N) is 3. The second kappa shape index (κ2) is 35.5. The van der Waals surface area contributed by atoms with Crippen LogP contribution in [-0.4, -0.2) is 116 Å². The van der Waals surface area contributed by atoms with Gasteiger partial charge in [-0.2, -0.15) is 0 Å². The van der Waals surface area contributed by atoms with Crippen LogP contribution in [0.5, 0.6) is 0 Å². The van der Waals surface area contributed by atoms with Crippen molar-refractivity contribution in [3.05, 3.63) is 217 Å². The van der Waals surface area contributed by atoms with Gasteiger partial charge in [-0.15, -0.1) is 11.3 Å². The van der Waals surface area contributed by atoms with Gasteiger partial charge >= 0.3 is 18.0 Å². The Kier molecular flexibility index (Phi) is 28.1. The van der Waals surface area contributed by atoms with Gasteiger partial charge in [-0.1, -0.05) is 58.0 Å². The van der Waals surface area contributed by atoms with E-state index in [1.807, 2.05) is 58.9 Å². The first-order valence-electron chi connectivity index (χ1n) is 31.1. The summed E-state index contributed by atoms with van der Waals surface area (Å²) in [5, 5.41) is 19.2. The van der Waals surface area contributed by atoms with Crippen LogP contribution in [0.3, 0.4) is 0 Å². The van der Waals surface area contributed by atoms with E-state index in [9.17, 15) is 46.6 Å². The van der Waals surface area contributed by atoms with Crippen molar-refractivity contribution in [3.63, 3.8) is 0 Å². The first kappa shape index (κ1) is 72.8. The summed E-state index contributed by atoms with van der Waals surface area (Å²) in [5.74, 6) is -5.92. The molecule has 92 heavy (non-hydrogen) atoms.